The van der Waals surface area contributed by atoms with Gasteiger partial charge in [-0.2, -0.15) is 0 Å². The molecule has 0 aliphatic rings. The molecule has 9 aromatic rings. The first-order valence-corrected chi connectivity index (χ1v) is 15.3. The zero-order valence-electron chi connectivity index (χ0n) is 23.2. The van der Waals surface area contributed by atoms with E-state index in [-0.39, 0.29) is 0 Å². The summed E-state index contributed by atoms with van der Waals surface area (Å²) in [6.07, 6.45) is 0. The van der Waals surface area contributed by atoms with Crippen LogP contribution < -0.4 is 4.90 Å². The van der Waals surface area contributed by atoms with Crippen molar-refractivity contribution in [1.82, 2.24) is 0 Å². The first kappa shape index (κ1) is 24.2. The number of fused-ring (bicyclic) bond motifs is 8. The molecule has 0 aliphatic carbocycles. The molecule has 2 nitrogen and oxygen atoms in total. The smallest absolute Gasteiger partial charge is 0.144 e. The van der Waals surface area contributed by atoms with E-state index in [1.54, 1.807) is 0 Å². The molecule has 7 aromatic carbocycles. The van der Waals surface area contributed by atoms with Gasteiger partial charge in [0, 0.05) is 48.0 Å². The van der Waals surface area contributed by atoms with Crippen molar-refractivity contribution >= 4 is 81.3 Å². The van der Waals surface area contributed by atoms with Crippen LogP contribution in [0.3, 0.4) is 0 Å². The quantitative estimate of drug-likeness (QED) is 0.210. The predicted molar refractivity (Wildman–Crippen MR) is 184 cm³/mol. The molecular formula is C40H25NOS. The summed E-state index contributed by atoms with van der Waals surface area (Å²) in [5.41, 5.74) is 7.67. The summed E-state index contributed by atoms with van der Waals surface area (Å²) in [7, 11) is 0. The maximum Gasteiger partial charge on any atom is 0.144 e. The Balaban J connectivity index is 1.25. The van der Waals surface area contributed by atoms with E-state index in [2.05, 4.69) is 157 Å². The second kappa shape index (κ2) is 9.59. The van der Waals surface area contributed by atoms with Crippen LogP contribution in [0.2, 0.25) is 0 Å². The minimum absolute atomic E-state index is 0.932. The Morgan fingerprint density at radius 2 is 1.07 bits per heavy atom. The second-order valence-corrected chi connectivity index (χ2v) is 12.1. The minimum atomic E-state index is 0.932. The topological polar surface area (TPSA) is 16.4 Å². The van der Waals surface area contributed by atoms with Crippen LogP contribution in [0.25, 0.3) is 64.0 Å². The van der Waals surface area contributed by atoms with Gasteiger partial charge < -0.3 is 9.32 Å². The third-order valence-corrected chi connectivity index (χ3v) is 9.56. The highest BCUT2D eigenvalue weighted by Gasteiger charge is 2.18. The molecular weight excluding hydrogens is 543 g/mol. The van der Waals surface area contributed by atoms with Crippen molar-refractivity contribution in [3.63, 3.8) is 0 Å². The second-order valence-electron chi connectivity index (χ2n) is 11.0. The fourth-order valence-electron chi connectivity index (χ4n) is 6.36. The molecule has 0 saturated heterocycles. The van der Waals surface area contributed by atoms with E-state index in [9.17, 15) is 0 Å². The predicted octanol–water partition coefficient (Wildman–Crippen LogP) is 12.2. The van der Waals surface area contributed by atoms with Crippen molar-refractivity contribution in [3.05, 3.63) is 152 Å². The third-order valence-electron chi connectivity index (χ3n) is 8.43. The molecule has 9 rings (SSSR count). The third kappa shape index (κ3) is 3.93. The van der Waals surface area contributed by atoms with Crippen LogP contribution in [0, 0.1) is 0 Å². The van der Waals surface area contributed by atoms with Gasteiger partial charge in [-0.1, -0.05) is 84.9 Å². The van der Waals surface area contributed by atoms with Crippen molar-refractivity contribution in [2.24, 2.45) is 0 Å². The summed E-state index contributed by atoms with van der Waals surface area (Å²) < 4.78 is 9.15. The van der Waals surface area contributed by atoms with Gasteiger partial charge in [0.25, 0.3) is 0 Å². The average Bonchev–Trinajstić information content (AvgIpc) is 3.62. The summed E-state index contributed by atoms with van der Waals surface area (Å²) in [5.74, 6) is 0. The summed E-state index contributed by atoms with van der Waals surface area (Å²) in [5, 5.41) is 7.15. The number of hydrogen-bond donors (Lipinski definition) is 0. The van der Waals surface area contributed by atoms with Crippen molar-refractivity contribution < 1.29 is 4.42 Å². The summed E-state index contributed by atoms with van der Waals surface area (Å²) in [6.45, 7) is 0. The van der Waals surface area contributed by atoms with Gasteiger partial charge >= 0.3 is 0 Å². The maximum atomic E-state index is 6.66. The lowest BCUT2D eigenvalue weighted by Crippen LogP contribution is -2.09. The first-order chi connectivity index (χ1) is 21.3. The molecule has 202 valence electrons. The molecule has 0 amide bonds. The van der Waals surface area contributed by atoms with Crippen LogP contribution in [0.5, 0.6) is 0 Å². The molecule has 0 saturated carbocycles. The van der Waals surface area contributed by atoms with Gasteiger partial charge in [-0.15, -0.1) is 11.3 Å². The molecule has 2 aromatic heterocycles. The van der Waals surface area contributed by atoms with E-state index in [4.69, 9.17) is 4.42 Å². The molecule has 0 fully saturated rings. The molecule has 0 atom stereocenters. The van der Waals surface area contributed by atoms with E-state index in [0.717, 1.165) is 39.0 Å². The molecule has 2 heterocycles. The van der Waals surface area contributed by atoms with E-state index in [0.29, 0.717) is 0 Å². The van der Waals surface area contributed by atoms with Crippen molar-refractivity contribution in [1.29, 1.82) is 0 Å². The highest BCUT2D eigenvalue weighted by Crippen LogP contribution is 2.45. The molecule has 0 radical (unpaired) electrons. The Morgan fingerprint density at radius 3 is 1.86 bits per heavy atom. The Kier molecular flexibility index (Phi) is 5.40. The fraction of sp³-hybridized carbons (Fsp3) is 0. The standard InChI is InChI=1S/C40H25NOS/c1-3-9-26(10-4-1)27-15-17-31(18-16-27)41(30-13-5-2-6-14-30)32-19-21-37-35(25-32)39-38(43-37)22-20-33-34-23-28-11-7-8-12-29(28)24-36(34)42-40(33)39/h1-25H. The molecule has 0 unspecified atom stereocenters. The van der Waals surface area contributed by atoms with Gasteiger partial charge in [0.1, 0.15) is 11.2 Å². The highest BCUT2D eigenvalue weighted by molar-refractivity contribution is 7.26. The molecule has 0 bridgehead atoms. The summed E-state index contributed by atoms with van der Waals surface area (Å²) >= 11 is 1.82. The molecule has 0 N–H and O–H groups in total. The van der Waals surface area contributed by atoms with E-state index in [1.165, 1.54) is 42.1 Å². The van der Waals surface area contributed by atoms with E-state index < -0.39 is 0 Å². The number of hydrogen-bond acceptors (Lipinski definition) is 3. The zero-order valence-corrected chi connectivity index (χ0v) is 24.0. The van der Waals surface area contributed by atoms with Crippen LogP contribution in [-0.2, 0) is 0 Å². The molecule has 0 aliphatic heterocycles. The van der Waals surface area contributed by atoms with Gasteiger partial charge in [-0.25, -0.2) is 0 Å². The number of rotatable bonds is 4. The highest BCUT2D eigenvalue weighted by atomic mass is 32.1. The van der Waals surface area contributed by atoms with Crippen molar-refractivity contribution in [3.8, 4) is 11.1 Å². The van der Waals surface area contributed by atoms with Crippen LogP contribution in [0.1, 0.15) is 0 Å². The van der Waals surface area contributed by atoms with Gasteiger partial charge in [0.05, 0.1) is 0 Å². The Hall–Kier alpha value is -5.38. The molecule has 3 heteroatoms. The largest absolute Gasteiger partial charge is 0.455 e. The van der Waals surface area contributed by atoms with Gasteiger partial charge in [-0.05, 0) is 88.6 Å². The summed E-state index contributed by atoms with van der Waals surface area (Å²) in [6, 6.07) is 54.2. The number of nitrogens with zero attached hydrogens (tertiary/aromatic N) is 1. The van der Waals surface area contributed by atoms with Gasteiger partial charge in [0.15, 0.2) is 0 Å². The Labute approximate surface area is 252 Å². The van der Waals surface area contributed by atoms with Crippen LogP contribution >= 0.6 is 11.3 Å². The summed E-state index contributed by atoms with van der Waals surface area (Å²) in [4.78, 5) is 2.34. The average molecular weight is 568 g/mol. The monoisotopic (exact) mass is 567 g/mol. The van der Waals surface area contributed by atoms with Crippen molar-refractivity contribution in [2.75, 3.05) is 4.90 Å². The van der Waals surface area contributed by atoms with E-state index >= 15 is 0 Å². The van der Waals surface area contributed by atoms with Crippen LogP contribution in [0.4, 0.5) is 17.1 Å². The Morgan fingerprint density at radius 1 is 0.442 bits per heavy atom. The molecule has 43 heavy (non-hydrogen) atoms. The number of thiophene rings is 1. The van der Waals surface area contributed by atoms with Crippen LogP contribution in [-0.4, -0.2) is 0 Å². The van der Waals surface area contributed by atoms with Crippen LogP contribution in [0.15, 0.2) is 156 Å². The number of furan rings is 1. The number of anilines is 3. The number of benzene rings is 7. The normalized spacial score (nSPS) is 11.7. The van der Waals surface area contributed by atoms with E-state index in [1.807, 2.05) is 11.3 Å². The van der Waals surface area contributed by atoms with Crippen molar-refractivity contribution in [2.45, 2.75) is 0 Å². The van der Waals surface area contributed by atoms with Gasteiger partial charge in [-0.3, -0.25) is 0 Å². The first-order valence-electron chi connectivity index (χ1n) is 14.5. The lowest BCUT2D eigenvalue weighted by atomic mass is 10.0. The SMILES string of the molecule is c1ccc(-c2ccc(N(c3ccccc3)c3ccc4sc5ccc6c7cc8ccccc8cc7oc6c5c4c3)cc2)cc1. The minimum Gasteiger partial charge on any atom is -0.455 e. The zero-order chi connectivity index (χ0) is 28.3. The lowest BCUT2D eigenvalue weighted by Gasteiger charge is -2.25. The van der Waals surface area contributed by atoms with Gasteiger partial charge in [0.2, 0.25) is 0 Å². The Bertz CT molecular complexity index is 2440. The maximum absolute atomic E-state index is 6.66. The number of para-hydroxylation sites is 1. The fourth-order valence-corrected chi connectivity index (χ4v) is 7.45. The molecule has 0 spiro atoms. The lowest BCUT2D eigenvalue weighted by molar-refractivity contribution is 0.673.